The first-order chi connectivity index (χ1) is 11.6. The normalized spacial score (nSPS) is 16.1. The van der Waals surface area contributed by atoms with Gasteiger partial charge < -0.3 is 9.88 Å². The van der Waals surface area contributed by atoms with Gasteiger partial charge in [-0.15, -0.1) is 0 Å². The Morgan fingerprint density at radius 3 is 2.50 bits per heavy atom. The van der Waals surface area contributed by atoms with Crippen LogP contribution in [-0.2, 0) is 11.8 Å². The molecule has 2 aromatic carbocycles. The van der Waals surface area contributed by atoms with E-state index in [1.807, 2.05) is 36.4 Å². The smallest absolute Gasteiger partial charge is 0.263 e. The van der Waals surface area contributed by atoms with Crippen LogP contribution in [0.15, 0.2) is 59.5 Å². The zero-order valence-electron chi connectivity index (χ0n) is 12.9. The van der Waals surface area contributed by atoms with E-state index in [9.17, 15) is 4.79 Å². The summed E-state index contributed by atoms with van der Waals surface area (Å²) in [6.45, 7) is 0. The number of aryl methyl sites for hydroxylation is 1. The third-order valence-corrected chi connectivity index (χ3v) is 5.27. The number of carbonyl (C=O) groups excluding carboxylic acids is 1. The average Bonchev–Trinajstić information content (AvgIpc) is 3.06. The van der Waals surface area contributed by atoms with Gasteiger partial charge in [-0.1, -0.05) is 72.5 Å². The molecule has 2 heterocycles. The molecular weight excluding hydrogens is 336 g/mol. The average molecular weight is 350 g/mol. The number of benzene rings is 2. The van der Waals surface area contributed by atoms with Crippen molar-refractivity contribution in [3.05, 3.63) is 65.1 Å². The molecule has 0 unspecified atom stereocenters. The fourth-order valence-electron chi connectivity index (χ4n) is 3.07. The number of aromatic nitrogens is 1. The minimum absolute atomic E-state index is 0.128. The van der Waals surface area contributed by atoms with Crippen LogP contribution in [0.2, 0.25) is 0 Å². The highest BCUT2D eigenvalue weighted by Crippen LogP contribution is 2.36. The SMILES string of the molecule is Cn1c(-c2ccccc2)c(C=C2SC(=S)NC2=O)c2ccccc21. The van der Waals surface area contributed by atoms with Crippen LogP contribution in [0.25, 0.3) is 28.2 Å². The third kappa shape index (κ3) is 2.46. The number of hydrogen-bond acceptors (Lipinski definition) is 3. The summed E-state index contributed by atoms with van der Waals surface area (Å²) in [6, 6.07) is 18.5. The number of fused-ring (bicyclic) bond motifs is 1. The van der Waals surface area contributed by atoms with Crippen LogP contribution < -0.4 is 5.32 Å². The molecule has 3 nitrogen and oxygen atoms in total. The van der Waals surface area contributed by atoms with Gasteiger partial charge in [0.1, 0.15) is 4.32 Å². The van der Waals surface area contributed by atoms with Crippen molar-refractivity contribution >= 4 is 51.2 Å². The molecule has 1 aromatic heterocycles. The quantitative estimate of drug-likeness (QED) is 0.552. The first kappa shape index (κ1) is 15.2. The van der Waals surface area contributed by atoms with Crippen molar-refractivity contribution in [1.82, 2.24) is 9.88 Å². The number of nitrogens with zero attached hydrogens (tertiary/aromatic N) is 1. The van der Waals surface area contributed by atoms with Gasteiger partial charge in [0, 0.05) is 23.5 Å². The van der Waals surface area contributed by atoms with E-state index in [4.69, 9.17) is 12.2 Å². The van der Waals surface area contributed by atoms with E-state index in [0.717, 1.165) is 27.7 Å². The Labute approximate surface area is 149 Å². The minimum Gasteiger partial charge on any atom is -0.343 e. The number of thioether (sulfide) groups is 1. The number of rotatable bonds is 2. The Morgan fingerprint density at radius 2 is 1.79 bits per heavy atom. The van der Waals surface area contributed by atoms with Gasteiger partial charge in [-0.25, -0.2) is 0 Å². The molecule has 0 atom stereocenters. The highest BCUT2D eigenvalue weighted by Gasteiger charge is 2.24. The third-order valence-electron chi connectivity index (χ3n) is 4.11. The molecule has 3 aromatic rings. The first-order valence-corrected chi connectivity index (χ1v) is 8.75. The maximum atomic E-state index is 12.1. The molecule has 4 rings (SSSR count). The van der Waals surface area contributed by atoms with Crippen LogP contribution in [0.4, 0.5) is 0 Å². The van der Waals surface area contributed by atoms with Gasteiger partial charge in [0.15, 0.2) is 0 Å². The summed E-state index contributed by atoms with van der Waals surface area (Å²) in [7, 11) is 2.05. The molecule has 24 heavy (non-hydrogen) atoms. The molecule has 0 saturated carbocycles. The fraction of sp³-hybridized carbons (Fsp3) is 0.0526. The molecule has 0 radical (unpaired) electrons. The molecule has 0 aliphatic carbocycles. The van der Waals surface area contributed by atoms with Gasteiger partial charge in [-0.05, 0) is 17.7 Å². The number of nitrogens with one attached hydrogen (secondary N) is 1. The summed E-state index contributed by atoms with van der Waals surface area (Å²) in [5.74, 6) is -0.128. The zero-order valence-corrected chi connectivity index (χ0v) is 14.6. The second-order valence-corrected chi connectivity index (χ2v) is 7.28. The molecule has 1 saturated heterocycles. The maximum Gasteiger partial charge on any atom is 0.263 e. The highest BCUT2D eigenvalue weighted by molar-refractivity contribution is 8.26. The summed E-state index contributed by atoms with van der Waals surface area (Å²) < 4.78 is 2.68. The van der Waals surface area contributed by atoms with Crippen LogP contribution in [0.5, 0.6) is 0 Å². The van der Waals surface area contributed by atoms with E-state index in [1.54, 1.807) is 0 Å². The second kappa shape index (κ2) is 5.92. The van der Waals surface area contributed by atoms with Gasteiger partial charge in [0.2, 0.25) is 0 Å². The van der Waals surface area contributed by atoms with E-state index in [-0.39, 0.29) is 5.91 Å². The lowest BCUT2D eigenvalue weighted by Crippen LogP contribution is -2.17. The number of para-hydroxylation sites is 1. The van der Waals surface area contributed by atoms with E-state index in [1.165, 1.54) is 11.8 Å². The number of carbonyl (C=O) groups is 1. The van der Waals surface area contributed by atoms with Crippen LogP contribution >= 0.6 is 24.0 Å². The Balaban J connectivity index is 2.02. The first-order valence-electron chi connectivity index (χ1n) is 7.53. The second-order valence-electron chi connectivity index (χ2n) is 5.56. The zero-order chi connectivity index (χ0) is 16.7. The minimum atomic E-state index is -0.128. The van der Waals surface area contributed by atoms with E-state index in [2.05, 4.69) is 41.2 Å². The molecule has 1 fully saturated rings. The van der Waals surface area contributed by atoms with Gasteiger partial charge in [-0.3, -0.25) is 4.79 Å². The summed E-state index contributed by atoms with van der Waals surface area (Å²) in [6.07, 6.45) is 1.95. The van der Waals surface area contributed by atoms with Gasteiger partial charge >= 0.3 is 0 Å². The van der Waals surface area contributed by atoms with Crippen LogP contribution in [0.3, 0.4) is 0 Å². The van der Waals surface area contributed by atoms with Gasteiger partial charge in [0.25, 0.3) is 5.91 Å². The van der Waals surface area contributed by atoms with E-state index >= 15 is 0 Å². The van der Waals surface area contributed by atoms with Crippen LogP contribution in [0.1, 0.15) is 5.56 Å². The number of hydrogen-bond donors (Lipinski definition) is 1. The lowest BCUT2D eigenvalue weighted by Gasteiger charge is -2.06. The summed E-state index contributed by atoms with van der Waals surface area (Å²) in [5, 5.41) is 3.80. The number of amides is 1. The van der Waals surface area contributed by atoms with Crippen molar-refractivity contribution < 1.29 is 4.79 Å². The van der Waals surface area contributed by atoms with Crippen molar-refractivity contribution in [3.63, 3.8) is 0 Å². The summed E-state index contributed by atoms with van der Waals surface area (Å²) >= 11 is 6.41. The highest BCUT2D eigenvalue weighted by atomic mass is 32.2. The summed E-state index contributed by atoms with van der Waals surface area (Å²) in [4.78, 5) is 12.7. The molecule has 0 spiro atoms. The molecule has 1 aliphatic rings. The lowest BCUT2D eigenvalue weighted by atomic mass is 10.0. The molecule has 118 valence electrons. The Kier molecular flexibility index (Phi) is 3.75. The van der Waals surface area contributed by atoms with Crippen molar-refractivity contribution in [1.29, 1.82) is 0 Å². The van der Waals surface area contributed by atoms with Crippen molar-refractivity contribution in [2.45, 2.75) is 0 Å². The predicted molar refractivity (Wildman–Crippen MR) is 105 cm³/mol. The van der Waals surface area contributed by atoms with Crippen molar-refractivity contribution in [3.8, 4) is 11.3 Å². The number of thiocarbonyl (C=S) groups is 1. The lowest BCUT2D eigenvalue weighted by molar-refractivity contribution is -0.115. The van der Waals surface area contributed by atoms with Crippen LogP contribution in [-0.4, -0.2) is 14.8 Å². The molecule has 1 aliphatic heterocycles. The molecule has 5 heteroatoms. The topological polar surface area (TPSA) is 34.0 Å². The maximum absolute atomic E-state index is 12.1. The van der Waals surface area contributed by atoms with E-state index < -0.39 is 0 Å². The monoisotopic (exact) mass is 350 g/mol. The largest absolute Gasteiger partial charge is 0.343 e. The predicted octanol–water partition coefficient (Wildman–Crippen LogP) is 4.33. The Hall–Kier alpha value is -2.37. The Morgan fingerprint density at radius 1 is 1.08 bits per heavy atom. The molecule has 0 bridgehead atoms. The van der Waals surface area contributed by atoms with Gasteiger partial charge in [-0.2, -0.15) is 0 Å². The van der Waals surface area contributed by atoms with Crippen LogP contribution in [0, 0.1) is 0 Å². The fourth-order valence-corrected chi connectivity index (χ4v) is 4.09. The van der Waals surface area contributed by atoms with E-state index in [0.29, 0.717) is 9.23 Å². The molecular formula is C19H14N2OS2. The standard InChI is InChI=1S/C19H14N2OS2/c1-21-15-10-6-5-9-13(15)14(11-16-18(22)20-19(23)24-16)17(21)12-7-3-2-4-8-12/h2-11H,1H3,(H,20,22,23). The van der Waals surface area contributed by atoms with Gasteiger partial charge in [0.05, 0.1) is 10.6 Å². The molecule has 1 N–H and O–H groups in total. The van der Waals surface area contributed by atoms with Crippen molar-refractivity contribution in [2.24, 2.45) is 7.05 Å². The van der Waals surface area contributed by atoms with Crippen molar-refractivity contribution in [2.75, 3.05) is 0 Å². The Bertz CT molecular complexity index is 1000. The summed E-state index contributed by atoms with van der Waals surface area (Å²) in [5.41, 5.74) is 4.39. The molecule has 1 amide bonds.